The molecule has 0 aliphatic carbocycles. The zero-order chi connectivity index (χ0) is 19.5. The van der Waals surface area contributed by atoms with Gasteiger partial charge < -0.3 is 14.8 Å². The van der Waals surface area contributed by atoms with Gasteiger partial charge in [-0.05, 0) is 30.7 Å². The Morgan fingerprint density at radius 2 is 1.85 bits per heavy atom. The van der Waals surface area contributed by atoms with Crippen molar-refractivity contribution >= 4 is 23.7 Å². The fraction of sp³-hybridized carbons (Fsp3) is 0.250. The number of anilines is 1. The number of ether oxygens (including phenoxy) is 2. The van der Waals surface area contributed by atoms with Crippen LogP contribution >= 0.6 is 0 Å². The maximum atomic E-state index is 11.9. The van der Waals surface area contributed by atoms with E-state index in [0.717, 1.165) is 6.42 Å². The number of hydrogen-bond donors (Lipinski definition) is 2. The van der Waals surface area contributed by atoms with Crippen molar-refractivity contribution in [3.63, 3.8) is 0 Å². The van der Waals surface area contributed by atoms with E-state index in [1.165, 1.54) is 6.21 Å². The summed E-state index contributed by atoms with van der Waals surface area (Å²) in [4.78, 5) is 23.7. The number of rotatable bonds is 9. The molecular weight excluding hydrogens is 346 g/mol. The van der Waals surface area contributed by atoms with Crippen LogP contribution < -0.4 is 20.2 Å². The fourth-order valence-electron chi connectivity index (χ4n) is 2.24. The van der Waals surface area contributed by atoms with Gasteiger partial charge >= 0.3 is 0 Å². The Balaban J connectivity index is 1.92. The first kappa shape index (κ1) is 20.0. The predicted octanol–water partition coefficient (Wildman–Crippen LogP) is 2.96. The Morgan fingerprint density at radius 1 is 1.07 bits per heavy atom. The van der Waals surface area contributed by atoms with Gasteiger partial charge in [0, 0.05) is 11.3 Å². The molecule has 0 radical (unpaired) electrons. The summed E-state index contributed by atoms with van der Waals surface area (Å²) in [6.07, 6.45) is 1.98. The van der Waals surface area contributed by atoms with E-state index in [1.54, 1.807) is 49.6 Å². The molecule has 7 nitrogen and oxygen atoms in total. The Hall–Kier alpha value is -3.35. The topological polar surface area (TPSA) is 89.0 Å². The number of hydrazone groups is 1. The van der Waals surface area contributed by atoms with Crippen LogP contribution in [0.2, 0.25) is 0 Å². The molecule has 27 heavy (non-hydrogen) atoms. The molecule has 2 aromatic rings. The van der Waals surface area contributed by atoms with Gasteiger partial charge in [0.2, 0.25) is 11.8 Å². The highest BCUT2D eigenvalue weighted by molar-refractivity contribution is 6.03. The van der Waals surface area contributed by atoms with E-state index in [2.05, 4.69) is 15.8 Å². The van der Waals surface area contributed by atoms with Gasteiger partial charge in [0.25, 0.3) is 0 Å². The van der Waals surface area contributed by atoms with Crippen molar-refractivity contribution in [2.24, 2.45) is 5.10 Å². The summed E-state index contributed by atoms with van der Waals surface area (Å²) in [6.45, 7) is 2.54. The van der Waals surface area contributed by atoms with Gasteiger partial charge in [0.15, 0.2) is 11.5 Å². The van der Waals surface area contributed by atoms with Crippen LogP contribution in [0, 0.1) is 0 Å². The Kier molecular flexibility index (Phi) is 7.84. The molecule has 2 aromatic carbocycles. The monoisotopic (exact) mass is 369 g/mol. The molecule has 0 aliphatic heterocycles. The Bertz CT molecular complexity index is 791. The molecule has 2 amide bonds. The first-order valence-electron chi connectivity index (χ1n) is 8.60. The van der Waals surface area contributed by atoms with E-state index in [-0.39, 0.29) is 6.42 Å². The van der Waals surface area contributed by atoms with Crippen LogP contribution in [0.5, 0.6) is 11.5 Å². The SMILES string of the molecule is CCCOc1c(C=NNC(=O)CC(=O)Nc2ccccc2)cccc1OC. The van der Waals surface area contributed by atoms with Gasteiger partial charge in [-0.2, -0.15) is 5.10 Å². The normalized spacial score (nSPS) is 10.4. The van der Waals surface area contributed by atoms with Gasteiger partial charge in [-0.1, -0.05) is 31.2 Å². The minimum absolute atomic E-state index is 0.330. The number of nitrogens with one attached hydrogen (secondary N) is 2. The van der Waals surface area contributed by atoms with Crippen molar-refractivity contribution in [3.8, 4) is 11.5 Å². The second-order valence-corrected chi connectivity index (χ2v) is 5.61. The summed E-state index contributed by atoms with van der Waals surface area (Å²) < 4.78 is 11.0. The third kappa shape index (κ3) is 6.47. The lowest BCUT2D eigenvalue weighted by atomic mass is 10.2. The quantitative estimate of drug-likeness (QED) is 0.404. The van der Waals surface area contributed by atoms with Gasteiger partial charge in [0.1, 0.15) is 6.42 Å². The van der Waals surface area contributed by atoms with Gasteiger partial charge in [-0.15, -0.1) is 0 Å². The molecule has 0 aromatic heterocycles. The number of carbonyl (C=O) groups excluding carboxylic acids is 2. The highest BCUT2D eigenvalue weighted by atomic mass is 16.5. The van der Waals surface area contributed by atoms with Crippen LogP contribution in [0.15, 0.2) is 53.6 Å². The third-order valence-corrected chi connectivity index (χ3v) is 3.45. The van der Waals surface area contributed by atoms with Crippen LogP contribution in [0.1, 0.15) is 25.3 Å². The second-order valence-electron chi connectivity index (χ2n) is 5.61. The first-order chi connectivity index (χ1) is 13.1. The van der Waals surface area contributed by atoms with E-state index in [1.807, 2.05) is 13.0 Å². The lowest BCUT2D eigenvalue weighted by Crippen LogP contribution is -2.24. The lowest BCUT2D eigenvalue weighted by Gasteiger charge is -2.12. The zero-order valence-corrected chi connectivity index (χ0v) is 15.4. The molecular formula is C20H23N3O4. The first-order valence-corrected chi connectivity index (χ1v) is 8.60. The van der Waals surface area contributed by atoms with Crippen molar-refractivity contribution in [1.82, 2.24) is 5.43 Å². The van der Waals surface area contributed by atoms with E-state index in [9.17, 15) is 9.59 Å². The van der Waals surface area contributed by atoms with Crippen LogP contribution in [-0.2, 0) is 9.59 Å². The number of hydrogen-bond acceptors (Lipinski definition) is 5. The molecule has 0 bridgehead atoms. The average molecular weight is 369 g/mol. The van der Waals surface area contributed by atoms with Crippen molar-refractivity contribution in [2.75, 3.05) is 19.0 Å². The van der Waals surface area contributed by atoms with Gasteiger partial charge in [0.05, 0.1) is 19.9 Å². The summed E-state index contributed by atoms with van der Waals surface area (Å²) in [5.74, 6) is 0.212. The van der Waals surface area contributed by atoms with E-state index >= 15 is 0 Å². The second kappa shape index (κ2) is 10.6. The van der Waals surface area contributed by atoms with E-state index in [0.29, 0.717) is 29.4 Å². The van der Waals surface area contributed by atoms with Crippen molar-refractivity contribution in [2.45, 2.75) is 19.8 Å². The fourth-order valence-corrected chi connectivity index (χ4v) is 2.24. The maximum Gasteiger partial charge on any atom is 0.249 e. The molecule has 7 heteroatoms. The van der Waals surface area contributed by atoms with E-state index < -0.39 is 11.8 Å². The smallest absolute Gasteiger partial charge is 0.249 e. The Labute approximate surface area is 158 Å². The molecule has 0 heterocycles. The van der Waals surface area contributed by atoms with Crippen molar-refractivity contribution < 1.29 is 19.1 Å². The largest absolute Gasteiger partial charge is 0.493 e. The number of para-hydroxylation sites is 2. The molecule has 2 rings (SSSR count). The number of amides is 2. The molecule has 2 N–H and O–H groups in total. The van der Waals surface area contributed by atoms with Crippen molar-refractivity contribution in [1.29, 1.82) is 0 Å². The number of carbonyl (C=O) groups is 2. The average Bonchev–Trinajstić information content (AvgIpc) is 2.67. The predicted molar refractivity (Wildman–Crippen MR) is 104 cm³/mol. The molecule has 0 saturated carbocycles. The summed E-state index contributed by atoms with van der Waals surface area (Å²) >= 11 is 0. The number of methoxy groups -OCH3 is 1. The molecule has 0 spiro atoms. The highest BCUT2D eigenvalue weighted by Gasteiger charge is 2.10. The zero-order valence-electron chi connectivity index (χ0n) is 15.4. The van der Waals surface area contributed by atoms with Crippen LogP contribution in [0.25, 0.3) is 0 Å². The third-order valence-electron chi connectivity index (χ3n) is 3.45. The molecule has 0 saturated heterocycles. The Morgan fingerprint density at radius 3 is 2.56 bits per heavy atom. The van der Waals surface area contributed by atoms with Crippen LogP contribution in [0.4, 0.5) is 5.69 Å². The molecule has 0 aliphatic rings. The summed E-state index contributed by atoms with van der Waals surface area (Å²) in [5, 5.41) is 6.55. The molecule has 0 unspecified atom stereocenters. The molecule has 0 atom stereocenters. The van der Waals surface area contributed by atoms with E-state index in [4.69, 9.17) is 9.47 Å². The lowest BCUT2D eigenvalue weighted by molar-refractivity contribution is -0.126. The van der Waals surface area contributed by atoms with Gasteiger partial charge in [-0.25, -0.2) is 5.43 Å². The number of nitrogens with zero attached hydrogens (tertiary/aromatic N) is 1. The summed E-state index contributed by atoms with van der Waals surface area (Å²) in [6, 6.07) is 14.3. The minimum atomic E-state index is -0.515. The molecule has 142 valence electrons. The summed E-state index contributed by atoms with van der Waals surface area (Å²) in [5.41, 5.74) is 3.64. The molecule has 0 fully saturated rings. The van der Waals surface area contributed by atoms with Gasteiger partial charge in [-0.3, -0.25) is 9.59 Å². The highest BCUT2D eigenvalue weighted by Crippen LogP contribution is 2.30. The van der Waals surface area contributed by atoms with Crippen LogP contribution in [0.3, 0.4) is 0 Å². The van der Waals surface area contributed by atoms with Crippen molar-refractivity contribution in [3.05, 3.63) is 54.1 Å². The maximum absolute atomic E-state index is 11.9. The summed E-state index contributed by atoms with van der Waals surface area (Å²) in [7, 11) is 1.56. The van der Waals surface area contributed by atoms with Crippen LogP contribution in [-0.4, -0.2) is 31.7 Å². The standard InChI is InChI=1S/C20H23N3O4/c1-3-12-27-20-15(8-7-11-17(20)26-2)14-21-23-19(25)13-18(24)22-16-9-5-4-6-10-16/h4-11,14H,3,12-13H2,1-2H3,(H,22,24)(H,23,25). The minimum Gasteiger partial charge on any atom is -0.493 e. The number of benzene rings is 2.